The molecule has 3 aromatic rings. The lowest BCUT2D eigenvalue weighted by atomic mass is 10.1. The number of aromatic nitrogens is 1. The van der Waals surface area contributed by atoms with Crippen LogP contribution in [-0.2, 0) is 0 Å². The SMILES string of the molecule is CC(=O)n1cc(C(=O)Nc2ccccc2)c2cc(F)ccc21. The summed E-state index contributed by atoms with van der Waals surface area (Å²) in [5.74, 6) is -1.08. The number of anilines is 1. The number of carbonyl (C=O) groups excluding carboxylic acids is 2. The van der Waals surface area contributed by atoms with Gasteiger partial charge in [-0.25, -0.2) is 4.39 Å². The van der Waals surface area contributed by atoms with E-state index in [2.05, 4.69) is 5.32 Å². The molecule has 0 aliphatic carbocycles. The Hall–Kier alpha value is -2.95. The quantitative estimate of drug-likeness (QED) is 0.784. The minimum atomic E-state index is -0.456. The normalized spacial score (nSPS) is 10.6. The van der Waals surface area contributed by atoms with E-state index in [0.717, 1.165) is 0 Å². The molecule has 0 aliphatic rings. The number of carbonyl (C=O) groups is 2. The summed E-state index contributed by atoms with van der Waals surface area (Å²) in [5.41, 5.74) is 1.40. The highest BCUT2D eigenvalue weighted by atomic mass is 19.1. The van der Waals surface area contributed by atoms with Gasteiger partial charge in [-0.15, -0.1) is 0 Å². The van der Waals surface area contributed by atoms with Crippen molar-refractivity contribution >= 4 is 28.4 Å². The number of hydrogen-bond acceptors (Lipinski definition) is 2. The van der Waals surface area contributed by atoms with E-state index in [0.29, 0.717) is 16.6 Å². The highest BCUT2D eigenvalue weighted by Gasteiger charge is 2.17. The monoisotopic (exact) mass is 296 g/mol. The third-order valence-electron chi connectivity index (χ3n) is 3.38. The van der Waals surface area contributed by atoms with Gasteiger partial charge >= 0.3 is 0 Å². The number of rotatable bonds is 2. The second-order valence-electron chi connectivity index (χ2n) is 4.91. The molecule has 0 unspecified atom stereocenters. The molecule has 2 aromatic carbocycles. The molecule has 1 aromatic heterocycles. The lowest BCUT2D eigenvalue weighted by Gasteiger charge is -2.03. The summed E-state index contributed by atoms with van der Waals surface area (Å²) < 4.78 is 14.8. The van der Waals surface area contributed by atoms with Gasteiger partial charge in [0.15, 0.2) is 0 Å². The van der Waals surface area contributed by atoms with Gasteiger partial charge in [0.1, 0.15) is 5.82 Å². The lowest BCUT2D eigenvalue weighted by molar-refractivity contribution is 0.0941. The lowest BCUT2D eigenvalue weighted by Crippen LogP contribution is -2.11. The maximum Gasteiger partial charge on any atom is 0.257 e. The summed E-state index contributed by atoms with van der Waals surface area (Å²) in [6.07, 6.45) is 1.44. The highest BCUT2D eigenvalue weighted by Crippen LogP contribution is 2.23. The molecule has 0 saturated carbocycles. The Balaban J connectivity index is 2.08. The zero-order valence-corrected chi connectivity index (χ0v) is 11.8. The molecular weight excluding hydrogens is 283 g/mol. The number of fused-ring (bicyclic) bond motifs is 1. The van der Waals surface area contributed by atoms with Crippen LogP contribution >= 0.6 is 0 Å². The Kier molecular flexibility index (Phi) is 3.47. The molecule has 1 amide bonds. The van der Waals surface area contributed by atoms with Crippen LogP contribution in [0.2, 0.25) is 0 Å². The second-order valence-corrected chi connectivity index (χ2v) is 4.91. The van der Waals surface area contributed by atoms with E-state index >= 15 is 0 Å². The number of halogens is 1. The van der Waals surface area contributed by atoms with E-state index in [1.54, 1.807) is 24.3 Å². The molecule has 3 rings (SSSR count). The first kappa shape index (κ1) is 14.0. The predicted octanol–water partition coefficient (Wildman–Crippen LogP) is 3.69. The largest absolute Gasteiger partial charge is 0.322 e. The topological polar surface area (TPSA) is 51.1 Å². The first-order chi connectivity index (χ1) is 10.6. The second kappa shape index (κ2) is 5.44. The average molecular weight is 296 g/mol. The summed E-state index contributed by atoms with van der Waals surface area (Å²) in [5, 5.41) is 3.14. The van der Waals surface area contributed by atoms with Gasteiger partial charge in [0, 0.05) is 24.2 Å². The average Bonchev–Trinajstić information content (AvgIpc) is 2.87. The molecule has 0 fully saturated rings. The van der Waals surface area contributed by atoms with Crippen molar-refractivity contribution in [3.8, 4) is 0 Å². The zero-order chi connectivity index (χ0) is 15.7. The van der Waals surface area contributed by atoms with Crippen LogP contribution in [0, 0.1) is 5.82 Å². The Morgan fingerprint density at radius 2 is 1.82 bits per heavy atom. The third kappa shape index (κ3) is 2.48. The number of amides is 1. The summed E-state index contributed by atoms with van der Waals surface area (Å²) in [7, 11) is 0. The summed E-state index contributed by atoms with van der Waals surface area (Å²) in [4.78, 5) is 24.1. The number of hydrogen-bond donors (Lipinski definition) is 1. The Bertz CT molecular complexity index is 869. The van der Waals surface area contributed by atoms with E-state index in [9.17, 15) is 14.0 Å². The Morgan fingerprint density at radius 3 is 2.50 bits per heavy atom. The molecule has 0 saturated heterocycles. The molecule has 4 nitrogen and oxygen atoms in total. The summed E-state index contributed by atoms with van der Waals surface area (Å²) >= 11 is 0. The highest BCUT2D eigenvalue weighted by molar-refractivity contribution is 6.14. The van der Waals surface area contributed by atoms with Crippen molar-refractivity contribution in [1.82, 2.24) is 4.57 Å². The van der Waals surface area contributed by atoms with Gasteiger partial charge in [0.25, 0.3) is 5.91 Å². The fourth-order valence-corrected chi connectivity index (χ4v) is 2.36. The van der Waals surface area contributed by atoms with Crippen LogP contribution < -0.4 is 5.32 Å². The van der Waals surface area contributed by atoms with E-state index in [-0.39, 0.29) is 17.4 Å². The number of nitrogens with one attached hydrogen (secondary N) is 1. The molecule has 1 N–H and O–H groups in total. The molecule has 1 heterocycles. The molecular formula is C17H13FN2O2. The molecule has 0 spiro atoms. The van der Waals surface area contributed by atoms with Gasteiger partial charge in [-0.1, -0.05) is 18.2 Å². The molecule has 0 radical (unpaired) electrons. The molecule has 22 heavy (non-hydrogen) atoms. The van der Waals surface area contributed by atoms with Crippen molar-refractivity contribution in [3.05, 3.63) is 66.1 Å². The van der Waals surface area contributed by atoms with Crippen molar-refractivity contribution in [1.29, 1.82) is 0 Å². The predicted molar refractivity (Wildman–Crippen MR) is 82.6 cm³/mol. The van der Waals surface area contributed by atoms with Crippen LogP contribution in [0.25, 0.3) is 10.9 Å². The number of para-hydroxylation sites is 1. The molecule has 0 aliphatic heterocycles. The fourth-order valence-electron chi connectivity index (χ4n) is 2.36. The van der Waals surface area contributed by atoms with E-state index in [1.807, 2.05) is 6.07 Å². The van der Waals surface area contributed by atoms with Crippen LogP contribution in [0.3, 0.4) is 0 Å². The molecule has 0 atom stereocenters. The van der Waals surface area contributed by atoms with Crippen LogP contribution in [0.15, 0.2) is 54.7 Å². The van der Waals surface area contributed by atoms with Crippen molar-refractivity contribution < 1.29 is 14.0 Å². The minimum Gasteiger partial charge on any atom is -0.322 e. The Labute approximate surface area is 126 Å². The van der Waals surface area contributed by atoms with Crippen molar-refractivity contribution in [2.45, 2.75) is 6.92 Å². The van der Waals surface area contributed by atoms with Gasteiger partial charge in [-0.2, -0.15) is 0 Å². The van der Waals surface area contributed by atoms with Gasteiger partial charge in [-0.3, -0.25) is 14.2 Å². The fraction of sp³-hybridized carbons (Fsp3) is 0.0588. The number of nitrogens with zero attached hydrogens (tertiary/aromatic N) is 1. The van der Waals surface area contributed by atoms with Gasteiger partial charge in [0.05, 0.1) is 11.1 Å². The Morgan fingerprint density at radius 1 is 1.09 bits per heavy atom. The van der Waals surface area contributed by atoms with Gasteiger partial charge < -0.3 is 5.32 Å². The maximum absolute atomic E-state index is 13.5. The van der Waals surface area contributed by atoms with Gasteiger partial charge in [0.2, 0.25) is 5.91 Å². The molecule has 110 valence electrons. The summed E-state index contributed by atoms with van der Waals surface area (Å²) in [6.45, 7) is 1.39. The minimum absolute atomic E-state index is 0.240. The first-order valence-electron chi connectivity index (χ1n) is 6.74. The van der Waals surface area contributed by atoms with Crippen LogP contribution in [0.1, 0.15) is 22.1 Å². The maximum atomic E-state index is 13.5. The van der Waals surface area contributed by atoms with Crippen LogP contribution in [-0.4, -0.2) is 16.4 Å². The first-order valence-corrected chi connectivity index (χ1v) is 6.74. The van der Waals surface area contributed by atoms with E-state index in [1.165, 1.54) is 35.9 Å². The zero-order valence-electron chi connectivity index (χ0n) is 11.8. The van der Waals surface area contributed by atoms with E-state index < -0.39 is 5.82 Å². The third-order valence-corrected chi connectivity index (χ3v) is 3.38. The molecule has 0 bridgehead atoms. The van der Waals surface area contributed by atoms with Crippen LogP contribution in [0.4, 0.5) is 10.1 Å². The standard InChI is InChI=1S/C17H13FN2O2/c1-11(21)20-10-15(14-9-12(18)7-8-16(14)20)17(22)19-13-5-3-2-4-6-13/h2-10H,1H3,(H,19,22). The smallest absolute Gasteiger partial charge is 0.257 e. The van der Waals surface area contributed by atoms with Crippen LogP contribution in [0.5, 0.6) is 0 Å². The molecule has 5 heteroatoms. The van der Waals surface area contributed by atoms with E-state index in [4.69, 9.17) is 0 Å². The van der Waals surface area contributed by atoms with Crippen molar-refractivity contribution in [2.75, 3.05) is 5.32 Å². The number of benzene rings is 2. The van der Waals surface area contributed by atoms with Crippen molar-refractivity contribution in [2.24, 2.45) is 0 Å². The van der Waals surface area contributed by atoms with Crippen molar-refractivity contribution in [3.63, 3.8) is 0 Å². The summed E-state index contributed by atoms with van der Waals surface area (Å²) in [6, 6.07) is 13.0. The van der Waals surface area contributed by atoms with Gasteiger partial charge in [-0.05, 0) is 30.3 Å².